The van der Waals surface area contributed by atoms with Crippen molar-refractivity contribution >= 4 is 8.32 Å². The van der Waals surface area contributed by atoms with Gasteiger partial charge < -0.3 is 23.4 Å². The maximum atomic E-state index is 8.66. The summed E-state index contributed by atoms with van der Waals surface area (Å²) in [4.78, 5) is 2.83. The smallest absolute Gasteiger partial charge is 0.190 e. The molecular weight excluding hydrogens is 330 g/mol. The number of fused-ring (bicyclic) bond motifs is 1. The summed E-state index contributed by atoms with van der Waals surface area (Å²) in [6.45, 7) is 10.1. The molecule has 9 heteroatoms. The molecular formula is C15H25N3O5Si. The topological polar surface area (TPSA) is 94.9 Å². The molecule has 0 radical (unpaired) electrons. The molecule has 0 N–H and O–H groups in total. The minimum Gasteiger partial charge on any atom is -0.412 e. The zero-order valence-corrected chi connectivity index (χ0v) is 15.8. The van der Waals surface area contributed by atoms with Gasteiger partial charge >= 0.3 is 0 Å². The molecule has 2 heterocycles. The van der Waals surface area contributed by atoms with E-state index in [4.69, 9.17) is 35.3 Å². The number of hydrogen-bond donors (Lipinski definition) is 0. The Balaban J connectivity index is 2.21. The van der Waals surface area contributed by atoms with Gasteiger partial charge in [0.25, 0.3) is 0 Å². The van der Waals surface area contributed by atoms with Crippen LogP contribution in [0.2, 0.25) is 19.6 Å². The highest BCUT2D eigenvalue weighted by molar-refractivity contribution is 6.69. The highest BCUT2D eigenvalue weighted by atomic mass is 28.4. The van der Waals surface area contributed by atoms with Crippen molar-refractivity contribution in [2.45, 2.75) is 70.0 Å². The van der Waals surface area contributed by atoms with Crippen LogP contribution in [0.1, 0.15) is 13.8 Å². The summed E-state index contributed by atoms with van der Waals surface area (Å²) < 4.78 is 29.6. The van der Waals surface area contributed by atoms with Crippen molar-refractivity contribution in [3.05, 3.63) is 10.4 Å². The molecule has 0 aromatic carbocycles. The summed E-state index contributed by atoms with van der Waals surface area (Å²) in [7, 11) is -1.90. The summed E-state index contributed by atoms with van der Waals surface area (Å²) >= 11 is 0. The molecule has 0 amide bonds. The Morgan fingerprint density at radius 1 is 1.38 bits per heavy atom. The molecule has 8 nitrogen and oxygen atoms in total. The number of azide groups is 1. The number of nitrogens with zero attached hydrogens (tertiary/aromatic N) is 3. The number of terminal acetylenes is 1. The van der Waals surface area contributed by atoms with E-state index in [0.717, 1.165) is 0 Å². The lowest BCUT2D eigenvalue weighted by molar-refractivity contribution is -0.226. The summed E-state index contributed by atoms with van der Waals surface area (Å²) in [5.41, 5.74) is 8.66. The first kappa shape index (κ1) is 19.2. The van der Waals surface area contributed by atoms with Gasteiger partial charge in [0.05, 0.1) is 12.6 Å². The summed E-state index contributed by atoms with van der Waals surface area (Å²) in [5.74, 6) is 1.71. The highest BCUT2D eigenvalue weighted by Gasteiger charge is 2.57. The standard InChI is InChI=1S/C15H25N3O5Si/c1-7-8-19-12-11(10(9-17-18-16)23-24(4,5)6)20-14-13(12)21-15(2,3)22-14/h1,10-14H,8-9H2,2-6H3/t10-,11-,12+,13-,14-/m1/s1. The summed E-state index contributed by atoms with van der Waals surface area (Å²) in [6, 6.07) is 0. The summed E-state index contributed by atoms with van der Waals surface area (Å²) in [6.07, 6.45) is 2.97. The monoisotopic (exact) mass is 355 g/mol. The number of ether oxygens (including phenoxy) is 4. The normalized spacial score (nSPS) is 32.7. The predicted octanol–water partition coefficient (Wildman–Crippen LogP) is 2.41. The predicted molar refractivity (Wildman–Crippen MR) is 89.5 cm³/mol. The Labute approximate surface area is 143 Å². The molecule has 134 valence electrons. The maximum Gasteiger partial charge on any atom is 0.190 e. The zero-order valence-electron chi connectivity index (χ0n) is 14.8. The molecule has 5 atom stereocenters. The fraction of sp³-hybridized carbons (Fsp3) is 0.867. The quantitative estimate of drug-likeness (QED) is 0.230. The van der Waals surface area contributed by atoms with E-state index in [9.17, 15) is 0 Å². The number of hydrogen-bond acceptors (Lipinski definition) is 6. The van der Waals surface area contributed by atoms with Crippen molar-refractivity contribution < 1.29 is 23.4 Å². The van der Waals surface area contributed by atoms with E-state index in [0.29, 0.717) is 0 Å². The third-order valence-corrected chi connectivity index (χ3v) is 4.59. The molecule has 2 saturated heterocycles. The molecule has 2 aliphatic heterocycles. The largest absolute Gasteiger partial charge is 0.412 e. The van der Waals surface area contributed by atoms with Crippen LogP contribution < -0.4 is 0 Å². The fourth-order valence-corrected chi connectivity index (χ4v) is 4.03. The third kappa shape index (κ3) is 4.71. The van der Waals surface area contributed by atoms with Crippen molar-refractivity contribution in [1.29, 1.82) is 0 Å². The molecule has 2 fully saturated rings. The average molecular weight is 355 g/mol. The highest BCUT2D eigenvalue weighted by Crippen LogP contribution is 2.40. The second-order valence-corrected chi connectivity index (χ2v) is 11.7. The van der Waals surface area contributed by atoms with Crippen LogP contribution in [-0.4, -0.2) is 58.0 Å². The van der Waals surface area contributed by atoms with Crippen molar-refractivity contribution in [3.8, 4) is 12.3 Å². The first-order chi connectivity index (χ1) is 11.2. The fourth-order valence-electron chi connectivity index (χ4n) is 2.92. The van der Waals surface area contributed by atoms with Crippen LogP contribution in [0.25, 0.3) is 10.4 Å². The minimum absolute atomic E-state index is 0.124. The Kier molecular flexibility index (Phi) is 5.94. The van der Waals surface area contributed by atoms with Crippen molar-refractivity contribution in [3.63, 3.8) is 0 Å². The van der Waals surface area contributed by atoms with E-state index in [1.165, 1.54) is 0 Å². The molecule has 2 aliphatic rings. The lowest BCUT2D eigenvalue weighted by atomic mass is 10.1. The van der Waals surface area contributed by atoms with Gasteiger partial charge in [-0.3, -0.25) is 0 Å². The van der Waals surface area contributed by atoms with E-state index in [-0.39, 0.29) is 13.2 Å². The minimum atomic E-state index is -1.90. The van der Waals surface area contributed by atoms with E-state index >= 15 is 0 Å². The SMILES string of the molecule is C#CCO[C@@H]1[C@H]2OC(C)(C)O[C@H]2O[C@@H]1[C@@H](CN=[N+]=[N-])O[Si](C)(C)C. The Morgan fingerprint density at radius 2 is 2.08 bits per heavy atom. The lowest BCUT2D eigenvalue weighted by Gasteiger charge is -2.33. The molecule has 0 spiro atoms. The Hall–Kier alpha value is -1.11. The van der Waals surface area contributed by atoms with Gasteiger partial charge in [-0.05, 0) is 39.0 Å². The van der Waals surface area contributed by atoms with Gasteiger partial charge in [-0.2, -0.15) is 0 Å². The third-order valence-electron chi connectivity index (χ3n) is 3.58. The van der Waals surface area contributed by atoms with Crippen LogP contribution in [0.3, 0.4) is 0 Å². The van der Waals surface area contributed by atoms with Crippen molar-refractivity contribution in [1.82, 2.24) is 0 Å². The number of rotatable bonds is 7. The average Bonchev–Trinajstić information content (AvgIpc) is 2.92. The van der Waals surface area contributed by atoms with Gasteiger partial charge in [0.1, 0.15) is 24.9 Å². The first-order valence-electron chi connectivity index (χ1n) is 7.92. The van der Waals surface area contributed by atoms with Crippen LogP contribution in [0.4, 0.5) is 0 Å². The van der Waals surface area contributed by atoms with E-state index < -0.39 is 44.8 Å². The maximum absolute atomic E-state index is 8.66. The molecule has 0 bridgehead atoms. The van der Waals surface area contributed by atoms with Crippen molar-refractivity contribution in [2.24, 2.45) is 5.11 Å². The Morgan fingerprint density at radius 3 is 2.67 bits per heavy atom. The van der Waals surface area contributed by atoms with Crippen LogP contribution >= 0.6 is 0 Å². The lowest BCUT2D eigenvalue weighted by Crippen LogP contribution is -2.48. The van der Waals surface area contributed by atoms with E-state index in [2.05, 4.69) is 35.6 Å². The second kappa shape index (κ2) is 7.41. The molecule has 0 saturated carbocycles. The zero-order chi connectivity index (χ0) is 18.0. The van der Waals surface area contributed by atoms with Gasteiger partial charge in [-0.1, -0.05) is 11.0 Å². The van der Waals surface area contributed by atoms with Gasteiger partial charge in [-0.25, -0.2) is 0 Å². The van der Waals surface area contributed by atoms with Gasteiger partial charge in [0, 0.05) is 4.91 Å². The molecule has 2 rings (SSSR count). The Bertz CT molecular complexity index is 538. The van der Waals surface area contributed by atoms with Gasteiger partial charge in [-0.15, -0.1) is 6.42 Å². The van der Waals surface area contributed by atoms with Crippen LogP contribution in [0, 0.1) is 12.3 Å². The van der Waals surface area contributed by atoms with Crippen LogP contribution in [0.5, 0.6) is 0 Å². The van der Waals surface area contributed by atoms with Crippen LogP contribution in [0.15, 0.2) is 5.11 Å². The molecule has 0 aromatic rings. The first-order valence-corrected chi connectivity index (χ1v) is 11.3. The summed E-state index contributed by atoms with van der Waals surface area (Å²) in [5, 5.41) is 3.66. The molecule has 0 aromatic heterocycles. The second-order valence-electron chi connectivity index (χ2n) is 7.23. The van der Waals surface area contributed by atoms with E-state index in [1.807, 2.05) is 13.8 Å². The molecule has 0 aliphatic carbocycles. The van der Waals surface area contributed by atoms with Crippen molar-refractivity contribution in [2.75, 3.05) is 13.2 Å². The molecule has 0 unspecified atom stereocenters. The van der Waals surface area contributed by atoms with Gasteiger partial charge in [0.15, 0.2) is 20.4 Å². The van der Waals surface area contributed by atoms with Crippen LogP contribution in [-0.2, 0) is 23.4 Å². The molecule has 24 heavy (non-hydrogen) atoms. The van der Waals surface area contributed by atoms with Gasteiger partial charge in [0.2, 0.25) is 0 Å². The van der Waals surface area contributed by atoms with E-state index in [1.54, 1.807) is 0 Å².